The van der Waals surface area contributed by atoms with Crippen LogP contribution in [0.5, 0.6) is 0 Å². The Balaban J connectivity index is 1.87. The quantitative estimate of drug-likeness (QED) is 0.826. The average Bonchev–Trinajstić information content (AvgIpc) is 3.08. The fraction of sp³-hybridized carbons (Fsp3) is 0.462. The topological polar surface area (TPSA) is 29.1 Å². The largest absolute Gasteiger partial charge is 0.351 e. The van der Waals surface area contributed by atoms with Gasteiger partial charge in [0.1, 0.15) is 0 Å². The Labute approximate surface area is 115 Å². The molecule has 2 nitrogen and oxygen atoms in total. The molecule has 0 spiro atoms. The Morgan fingerprint density at radius 2 is 2.00 bits per heavy atom. The Morgan fingerprint density at radius 1 is 1.35 bits per heavy atom. The molecule has 0 aliphatic heterocycles. The van der Waals surface area contributed by atoms with E-state index in [2.05, 4.69) is 21.2 Å². The second-order valence-electron chi connectivity index (χ2n) is 4.63. The van der Waals surface area contributed by atoms with Crippen molar-refractivity contribution < 1.29 is 4.79 Å². The molecule has 0 aromatic heterocycles. The van der Waals surface area contributed by atoms with Gasteiger partial charge in [-0.1, -0.05) is 15.9 Å². The highest BCUT2D eigenvalue weighted by Gasteiger charge is 2.41. The third kappa shape index (κ3) is 3.46. The number of rotatable bonds is 5. The van der Waals surface area contributed by atoms with Crippen molar-refractivity contribution in [1.82, 2.24) is 5.32 Å². The van der Waals surface area contributed by atoms with Gasteiger partial charge >= 0.3 is 0 Å². The van der Waals surface area contributed by atoms with Crippen molar-refractivity contribution in [3.63, 3.8) is 0 Å². The van der Waals surface area contributed by atoms with Gasteiger partial charge < -0.3 is 5.32 Å². The molecule has 1 fully saturated rings. The first kappa shape index (κ1) is 12.9. The summed E-state index contributed by atoms with van der Waals surface area (Å²) in [5.74, 6) is 0.673. The van der Waals surface area contributed by atoms with Crippen LogP contribution in [0, 0.1) is 5.41 Å². The first-order valence-electron chi connectivity index (χ1n) is 5.75. The highest BCUT2D eigenvalue weighted by atomic mass is 79.9. The number of carbonyl (C=O) groups is 1. The zero-order valence-electron chi connectivity index (χ0n) is 9.51. The van der Waals surface area contributed by atoms with E-state index in [0.29, 0.717) is 11.4 Å². The summed E-state index contributed by atoms with van der Waals surface area (Å²) in [4.78, 5) is 11.9. The van der Waals surface area contributed by atoms with Crippen LogP contribution in [0.25, 0.3) is 0 Å². The lowest BCUT2D eigenvalue weighted by atomic mass is 10.0. The van der Waals surface area contributed by atoms with Crippen LogP contribution in [-0.4, -0.2) is 18.3 Å². The molecule has 0 bridgehead atoms. The number of amides is 1. The van der Waals surface area contributed by atoms with E-state index >= 15 is 0 Å². The van der Waals surface area contributed by atoms with Crippen LogP contribution in [0.2, 0.25) is 0 Å². The molecule has 1 aromatic rings. The predicted octanol–water partition coefficient (Wildman–Crippen LogP) is 3.59. The van der Waals surface area contributed by atoms with Crippen molar-refractivity contribution in [3.8, 4) is 0 Å². The molecule has 0 saturated heterocycles. The Bertz CT molecular complexity index is 400. The highest BCUT2D eigenvalue weighted by Crippen LogP contribution is 2.48. The maximum absolute atomic E-state index is 11.9. The van der Waals surface area contributed by atoms with Crippen LogP contribution in [0.15, 0.2) is 28.7 Å². The molecule has 2 rings (SSSR count). The zero-order chi connectivity index (χ0) is 12.3. The summed E-state index contributed by atoms with van der Waals surface area (Å²) in [5.41, 5.74) is 0.988. The van der Waals surface area contributed by atoms with Crippen molar-refractivity contribution in [1.29, 1.82) is 0 Å². The lowest BCUT2D eigenvalue weighted by molar-refractivity contribution is 0.0944. The summed E-state index contributed by atoms with van der Waals surface area (Å²) in [6, 6.07) is 7.39. The van der Waals surface area contributed by atoms with Gasteiger partial charge in [0, 0.05) is 22.5 Å². The predicted molar refractivity (Wildman–Crippen MR) is 73.5 cm³/mol. The second-order valence-corrected chi connectivity index (χ2v) is 5.92. The van der Waals surface area contributed by atoms with Crippen LogP contribution in [-0.2, 0) is 0 Å². The standard InChI is InChI=1S/C13H15BrClNO/c14-11-3-1-10(2-4-11)12(17)16-9-13(5-6-13)7-8-15/h1-4H,5-9H2,(H,16,17). The van der Waals surface area contributed by atoms with Crippen LogP contribution < -0.4 is 5.32 Å². The van der Waals surface area contributed by atoms with Gasteiger partial charge in [0.25, 0.3) is 5.91 Å². The van der Waals surface area contributed by atoms with Crippen LogP contribution in [0.4, 0.5) is 0 Å². The number of hydrogen-bond donors (Lipinski definition) is 1. The normalized spacial score (nSPS) is 16.6. The van der Waals surface area contributed by atoms with E-state index in [1.54, 1.807) is 0 Å². The van der Waals surface area contributed by atoms with E-state index in [1.807, 2.05) is 24.3 Å². The lowest BCUT2D eigenvalue weighted by Crippen LogP contribution is -2.30. The maximum Gasteiger partial charge on any atom is 0.251 e. The minimum absolute atomic E-state index is 0.00153. The minimum atomic E-state index is -0.00153. The van der Waals surface area contributed by atoms with Crippen LogP contribution >= 0.6 is 27.5 Å². The van der Waals surface area contributed by atoms with Gasteiger partial charge in [0.05, 0.1) is 0 Å². The molecular weight excluding hydrogens is 302 g/mol. The van der Waals surface area contributed by atoms with Crippen molar-refractivity contribution in [2.24, 2.45) is 5.41 Å². The molecule has 1 saturated carbocycles. The average molecular weight is 317 g/mol. The van der Waals surface area contributed by atoms with Crippen molar-refractivity contribution in [2.45, 2.75) is 19.3 Å². The first-order valence-corrected chi connectivity index (χ1v) is 7.08. The third-order valence-electron chi connectivity index (χ3n) is 3.31. The Morgan fingerprint density at radius 3 is 2.53 bits per heavy atom. The van der Waals surface area contributed by atoms with Gasteiger partial charge in [-0.3, -0.25) is 4.79 Å². The summed E-state index contributed by atoms with van der Waals surface area (Å²) < 4.78 is 0.981. The van der Waals surface area contributed by atoms with E-state index in [4.69, 9.17) is 11.6 Å². The number of hydrogen-bond acceptors (Lipinski definition) is 1. The van der Waals surface area contributed by atoms with E-state index in [1.165, 1.54) is 12.8 Å². The number of halogens is 2. The molecular formula is C13H15BrClNO. The molecule has 17 heavy (non-hydrogen) atoms. The lowest BCUT2D eigenvalue weighted by Gasteiger charge is -2.14. The minimum Gasteiger partial charge on any atom is -0.351 e. The summed E-state index contributed by atoms with van der Waals surface area (Å²) >= 11 is 9.11. The second kappa shape index (κ2) is 5.40. The van der Waals surface area contributed by atoms with Crippen LogP contribution in [0.3, 0.4) is 0 Å². The molecule has 92 valence electrons. The molecule has 0 unspecified atom stereocenters. The van der Waals surface area contributed by atoms with Crippen molar-refractivity contribution in [3.05, 3.63) is 34.3 Å². The summed E-state index contributed by atoms with van der Waals surface area (Å²) in [6.45, 7) is 0.745. The van der Waals surface area contributed by atoms with Gasteiger partial charge in [-0.05, 0) is 48.9 Å². The molecule has 4 heteroatoms. The molecule has 0 radical (unpaired) electrons. The highest BCUT2D eigenvalue weighted by molar-refractivity contribution is 9.10. The molecule has 1 N–H and O–H groups in total. The van der Waals surface area contributed by atoms with E-state index in [0.717, 1.165) is 17.4 Å². The molecule has 0 atom stereocenters. The monoisotopic (exact) mass is 315 g/mol. The summed E-state index contributed by atoms with van der Waals surface area (Å²) in [6.07, 6.45) is 3.36. The number of alkyl halides is 1. The van der Waals surface area contributed by atoms with Gasteiger partial charge in [-0.25, -0.2) is 0 Å². The molecule has 1 aliphatic carbocycles. The van der Waals surface area contributed by atoms with Gasteiger partial charge in [0.2, 0.25) is 0 Å². The Kier molecular flexibility index (Phi) is 4.10. The number of nitrogens with one attached hydrogen (secondary N) is 1. The Hall–Kier alpha value is -0.540. The molecule has 1 aromatic carbocycles. The van der Waals surface area contributed by atoms with E-state index in [9.17, 15) is 4.79 Å². The van der Waals surface area contributed by atoms with E-state index < -0.39 is 0 Å². The molecule has 1 amide bonds. The molecule has 1 aliphatic rings. The number of carbonyl (C=O) groups excluding carboxylic acids is 1. The van der Waals surface area contributed by atoms with E-state index in [-0.39, 0.29) is 11.3 Å². The van der Waals surface area contributed by atoms with Crippen LogP contribution in [0.1, 0.15) is 29.6 Å². The van der Waals surface area contributed by atoms with Gasteiger partial charge in [0.15, 0.2) is 0 Å². The van der Waals surface area contributed by atoms with Crippen molar-refractivity contribution >= 4 is 33.4 Å². The fourth-order valence-corrected chi connectivity index (χ4v) is 2.53. The van der Waals surface area contributed by atoms with Gasteiger partial charge in [-0.15, -0.1) is 11.6 Å². The molecule has 0 heterocycles. The SMILES string of the molecule is O=C(NCC1(CCCl)CC1)c1ccc(Br)cc1. The smallest absolute Gasteiger partial charge is 0.251 e. The zero-order valence-corrected chi connectivity index (χ0v) is 11.9. The maximum atomic E-state index is 11.9. The van der Waals surface area contributed by atoms with Gasteiger partial charge in [-0.2, -0.15) is 0 Å². The fourth-order valence-electron chi connectivity index (χ4n) is 1.86. The first-order chi connectivity index (χ1) is 8.15. The summed E-state index contributed by atoms with van der Waals surface area (Å²) in [5, 5.41) is 2.99. The van der Waals surface area contributed by atoms with Crippen molar-refractivity contribution in [2.75, 3.05) is 12.4 Å². The summed E-state index contributed by atoms with van der Waals surface area (Å²) in [7, 11) is 0. The number of benzene rings is 1. The third-order valence-corrected chi connectivity index (χ3v) is 4.03.